The molecule has 0 saturated carbocycles. The Labute approximate surface area is 96.0 Å². The average Bonchev–Trinajstić information content (AvgIpc) is 2.55. The fraction of sp³-hybridized carbons (Fsp3) is 0.375. The topological polar surface area (TPSA) is 85.3 Å². The van der Waals surface area contributed by atoms with Crippen molar-refractivity contribution in [3.05, 3.63) is 21.9 Å². The standard InChI is InChI=1S/C8H10Cl2N2O3/c9-5-1-6(12-7(5)10)8(15)11-2-4(14)3-13/h1,4,12-14H,2-3H2,(H,11,15). The molecule has 84 valence electrons. The number of nitrogens with one attached hydrogen (secondary N) is 2. The number of aliphatic hydroxyl groups is 2. The van der Waals surface area contributed by atoms with Crippen LogP contribution in [0.5, 0.6) is 0 Å². The number of halogens is 2. The van der Waals surface area contributed by atoms with E-state index in [1.54, 1.807) is 0 Å². The fourth-order valence-electron chi connectivity index (χ4n) is 0.897. The number of H-pyrrole nitrogens is 1. The van der Waals surface area contributed by atoms with Crippen molar-refractivity contribution in [2.45, 2.75) is 6.10 Å². The van der Waals surface area contributed by atoms with E-state index in [1.807, 2.05) is 0 Å². The highest BCUT2D eigenvalue weighted by Gasteiger charge is 2.12. The predicted molar refractivity (Wildman–Crippen MR) is 56.2 cm³/mol. The van der Waals surface area contributed by atoms with Crippen LogP contribution in [0.1, 0.15) is 10.5 Å². The van der Waals surface area contributed by atoms with Crippen molar-refractivity contribution in [1.29, 1.82) is 0 Å². The molecule has 0 bridgehead atoms. The second-order valence-electron chi connectivity index (χ2n) is 2.89. The normalized spacial score (nSPS) is 12.5. The molecule has 1 unspecified atom stereocenters. The second-order valence-corrected chi connectivity index (χ2v) is 3.68. The van der Waals surface area contributed by atoms with Crippen LogP contribution in [-0.4, -0.2) is 40.4 Å². The van der Waals surface area contributed by atoms with Crippen LogP contribution < -0.4 is 5.32 Å². The minimum atomic E-state index is -0.977. The number of aromatic amines is 1. The van der Waals surface area contributed by atoms with Gasteiger partial charge in [-0.2, -0.15) is 0 Å². The van der Waals surface area contributed by atoms with Crippen LogP contribution in [0.4, 0.5) is 0 Å². The highest BCUT2D eigenvalue weighted by atomic mass is 35.5. The first kappa shape index (κ1) is 12.3. The number of aliphatic hydroxyl groups excluding tert-OH is 2. The van der Waals surface area contributed by atoms with Crippen molar-refractivity contribution in [3.8, 4) is 0 Å². The number of hydrogen-bond donors (Lipinski definition) is 4. The molecule has 0 aliphatic heterocycles. The maximum absolute atomic E-state index is 11.4. The van der Waals surface area contributed by atoms with Gasteiger partial charge in [0.15, 0.2) is 0 Å². The van der Waals surface area contributed by atoms with Gasteiger partial charge < -0.3 is 20.5 Å². The summed E-state index contributed by atoms with van der Waals surface area (Å²) in [5.74, 6) is -0.448. The first-order valence-corrected chi connectivity index (χ1v) is 4.91. The Morgan fingerprint density at radius 1 is 1.60 bits per heavy atom. The van der Waals surface area contributed by atoms with Gasteiger partial charge in [0.05, 0.1) is 17.7 Å². The van der Waals surface area contributed by atoms with Gasteiger partial charge in [-0.1, -0.05) is 23.2 Å². The largest absolute Gasteiger partial charge is 0.394 e. The van der Waals surface area contributed by atoms with Crippen molar-refractivity contribution in [2.24, 2.45) is 0 Å². The summed E-state index contributed by atoms with van der Waals surface area (Å²) < 4.78 is 0. The number of aromatic nitrogens is 1. The van der Waals surface area contributed by atoms with Crippen LogP contribution in [-0.2, 0) is 0 Å². The van der Waals surface area contributed by atoms with E-state index < -0.39 is 18.6 Å². The Kier molecular flexibility index (Phi) is 4.41. The summed E-state index contributed by atoms with van der Waals surface area (Å²) in [5, 5.41) is 20.3. The van der Waals surface area contributed by atoms with E-state index in [1.165, 1.54) is 6.07 Å². The van der Waals surface area contributed by atoms with Gasteiger partial charge in [-0.15, -0.1) is 0 Å². The van der Waals surface area contributed by atoms with Crippen LogP contribution >= 0.6 is 23.2 Å². The number of amides is 1. The molecule has 7 heteroatoms. The summed E-state index contributed by atoms with van der Waals surface area (Å²) in [6, 6.07) is 1.38. The Bertz CT molecular complexity index is 334. The van der Waals surface area contributed by atoms with Gasteiger partial charge in [0.1, 0.15) is 10.8 Å². The van der Waals surface area contributed by atoms with E-state index >= 15 is 0 Å². The molecular formula is C8H10Cl2N2O3. The lowest BCUT2D eigenvalue weighted by Gasteiger charge is -2.07. The van der Waals surface area contributed by atoms with E-state index in [-0.39, 0.29) is 22.4 Å². The molecule has 0 aliphatic rings. The maximum Gasteiger partial charge on any atom is 0.267 e. The molecular weight excluding hydrogens is 243 g/mol. The number of rotatable bonds is 4. The summed E-state index contributed by atoms with van der Waals surface area (Å²) in [7, 11) is 0. The van der Waals surface area contributed by atoms with Gasteiger partial charge in [0, 0.05) is 6.54 Å². The third kappa shape index (κ3) is 3.39. The zero-order chi connectivity index (χ0) is 11.4. The quantitative estimate of drug-likeness (QED) is 0.626. The van der Waals surface area contributed by atoms with E-state index in [2.05, 4.69) is 10.3 Å². The predicted octanol–water partition coefficient (Wildman–Crippen LogP) is 0.404. The molecule has 0 saturated heterocycles. The minimum absolute atomic E-state index is 0.0381. The zero-order valence-electron chi connectivity index (χ0n) is 7.63. The number of carbonyl (C=O) groups is 1. The molecule has 0 aromatic carbocycles. The monoisotopic (exact) mass is 252 g/mol. The number of hydrogen-bond acceptors (Lipinski definition) is 3. The first-order valence-electron chi connectivity index (χ1n) is 4.15. The van der Waals surface area contributed by atoms with Gasteiger partial charge >= 0.3 is 0 Å². The summed E-state index contributed by atoms with van der Waals surface area (Å²) in [6.07, 6.45) is -0.977. The van der Waals surface area contributed by atoms with Crippen molar-refractivity contribution in [3.63, 3.8) is 0 Å². The third-order valence-electron chi connectivity index (χ3n) is 1.68. The molecule has 1 amide bonds. The molecule has 1 rings (SSSR count). The van der Waals surface area contributed by atoms with Crippen LogP contribution in [0.3, 0.4) is 0 Å². The molecule has 1 aromatic rings. The average molecular weight is 253 g/mol. The molecule has 0 radical (unpaired) electrons. The smallest absolute Gasteiger partial charge is 0.267 e. The molecule has 4 N–H and O–H groups in total. The Hall–Kier alpha value is -0.750. The molecule has 15 heavy (non-hydrogen) atoms. The van der Waals surface area contributed by atoms with Crippen molar-refractivity contribution >= 4 is 29.1 Å². The highest BCUT2D eigenvalue weighted by Crippen LogP contribution is 2.21. The summed E-state index contributed by atoms with van der Waals surface area (Å²) in [4.78, 5) is 13.9. The lowest BCUT2D eigenvalue weighted by Crippen LogP contribution is -2.34. The molecule has 1 aromatic heterocycles. The van der Waals surface area contributed by atoms with Crippen molar-refractivity contribution in [2.75, 3.05) is 13.2 Å². The van der Waals surface area contributed by atoms with E-state index in [4.69, 9.17) is 33.4 Å². The SMILES string of the molecule is O=C(NCC(O)CO)c1cc(Cl)c(Cl)[nH]1. The first-order chi connectivity index (χ1) is 7.04. The van der Waals surface area contributed by atoms with Crippen LogP contribution in [0.2, 0.25) is 10.2 Å². The van der Waals surface area contributed by atoms with Crippen molar-refractivity contribution in [1.82, 2.24) is 10.3 Å². The summed E-state index contributed by atoms with van der Waals surface area (Å²) in [6.45, 7) is -0.448. The second kappa shape index (κ2) is 5.37. The van der Waals surface area contributed by atoms with Gasteiger partial charge in [0.25, 0.3) is 5.91 Å². The maximum atomic E-state index is 11.4. The van der Waals surface area contributed by atoms with Gasteiger partial charge in [0.2, 0.25) is 0 Å². The summed E-state index contributed by atoms with van der Waals surface area (Å²) >= 11 is 11.2. The minimum Gasteiger partial charge on any atom is -0.394 e. The Morgan fingerprint density at radius 3 is 2.73 bits per heavy atom. The fourth-order valence-corrected chi connectivity index (χ4v) is 1.21. The molecule has 1 atom stereocenters. The van der Waals surface area contributed by atoms with Gasteiger partial charge in [-0.3, -0.25) is 4.79 Å². The van der Waals surface area contributed by atoms with Crippen LogP contribution in [0, 0.1) is 0 Å². The zero-order valence-corrected chi connectivity index (χ0v) is 9.14. The van der Waals surface area contributed by atoms with Gasteiger partial charge in [-0.25, -0.2) is 0 Å². The molecule has 0 fully saturated rings. The van der Waals surface area contributed by atoms with Crippen LogP contribution in [0.25, 0.3) is 0 Å². The van der Waals surface area contributed by atoms with E-state index in [0.717, 1.165) is 0 Å². The third-order valence-corrected chi connectivity index (χ3v) is 2.37. The van der Waals surface area contributed by atoms with E-state index in [0.29, 0.717) is 0 Å². The van der Waals surface area contributed by atoms with Crippen molar-refractivity contribution < 1.29 is 15.0 Å². The Morgan fingerprint density at radius 2 is 2.27 bits per heavy atom. The van der Waals surface area contributed by atoms with E-state index in [9.17, 15) is 4.79 Å². The molecule has 5 nitrogen and oxygen atoms in total. The van der Waals surface area contributed by atoms with Gasteiger partial charge in [-0.05, 0) is 6.07 Å². The van der Waals surface area contributed by atoms with Crippen LogP contribution in [0.15, 0.2) is 6.07 Å². The highest BCUT2D eigenvalue weighted by molar-refractivity contribution is 6.41. The number of carbonyl (C=O) groups excluding carboxylic acids is 1. The molecule has 0 aliphatic carbocycles. The lowest BCUT2D eigenvalue weighted by atomic mass is 10.3. The lowest BCUT2D eigenvalue weighted by molar-refractivity contribution is 0.0799. The Balaban J connectivity index is 2.54. The summed E-state index contributed by atoms with van der Waals surface area (Å²) in [5.41, 5.74) is 0.204. The molecule has 0 spiro atoms. The molecule has 1 heterocycles.